The topological polar surface area (TPSA) is 71.1 Å². The van der Waals surface area contributed by atoms with Crippen molar-refractivity contribution in [1.82, 2.24) is 15.1 Å². The number of methoxy groups -OCH3 is 2. The molecule has 2 saturated carbocycles. The van der Waals surface area contributed by atoms with E-state index in [2.05, 4.69) is 10.2 Å². The third-order valence-electron chi connectivity index (χ3n) is 7.01. The molecule has 1 atom stereocenters. The molecule has 7 heteroatoms. The number of hydrogen-bond acceptors (Lipinski definition) is 5. The summed E-state index contributed by atoms with van der Waals surface area (Å²) in [5.41, 5.74) is 0.468. The van der Waals surface area contributed by atoms with Crippen molar-refractivity contribution in [2.24, 2.45) is 11.8 Å². The second-order valence-electron chi connectivity index (χ2n) is 9.04. The maximum Gasteiger partial charge on any atom is 0.261 e. The van der Waals surface area contributed by atoms with Crippen LogP contribution in [0.1, 0.15) is 48.9 Å². The molecule has 2 aliphatic carbocycles. The second kappa shape index (κ2) is 9.90. The van der Waals surface area contributed by atoms with Crippen LogP contribution in [0.5, 0.6) is 11.5 Å². The van der Waals surface area contributed by atoms with Gasteiger partial charge < -0.3 is 19.7 Å². The van der Waals surface area contributed by atoms with Gasteiger partial charge in [-0.15, -0.1) is 0 Å². The molecular weight excluding hydrogens is 394 g/mol. The Bertz CT molecular complexity index is 759. The van der Waals surface area contributed by atoms with Gasteiger partial charge in [0.15, 0.2) is 0 Å². The second-order valence-corrected chi connectivity index (χ2v) is 9.04. The van der Waals surface area contributed by atoms with Crippen molar-refractivity contribution in [2.45, 2.75) is 44.6 Å². The van der Waals surface area contributed by atoms with E-state index in [0.29, 0.717) is 55.1 Å². The number of nitrogens with one attached hydrogen (secondary N) is 1. The van der Waals surface area contributed by atoms with Gasteiger partial charge in [0.2, 0.25) is 5.91 Å². The zero-order chi connectivity index (χ0) is 21.8. The Morgan fingerprint density at radius 2 is 1.61 bits per heavy atom. The lowest BCUT2D eigenvalue weighted by Crippen LogP contribution is -2.58. The molecule has 0 spiro atoms. The number of amides is 2. The molecule has 0 bridgehead atoms. The standard InChI is InChI=1S/C24H35N3O4/c1-30-19-8-5-9-20(31-2)21(19)24(29)27-14-12-26(13-15-27)22(18-6-3-4-7-18)23(28)25-16-17-10-11-17/h5,8-9,17-18,22H,3-4,6-7,10-16H2,1-2H3,(H,25,28). The fraction of sp³-hybridized carbons (Fsp3) is 0.667. The average Bonchev–Trinajstić information content (AvgIpc) is 3.50. The molecule has 4 rings (SSSR count). The lowest BCUT2D eigenvalue weighted by Gasteiger charge is -2.41. The van der Waals surface area contributed by atoms with E-state index in [1.807, 2.05) is 11.0 Å². The predicted molar refractivity (Wildman–Crippen MR) is 119 cm³/mol. The van der Waals surface area contributed by atoms with E-state index in [4.69, 9.17) is 9.47 Å². The Morgan fingerprint density at radius 1 is 1.00 bits per heavy atom. The summed E-state index contributed by atoms with van der Waals surface area (Å²) < 4.78 is 10.8. The summed E-state index contributed by atoms with van der Waals surface area (Å²) in [5, 5.41) is 3.21. The molecule has 1 aromatic carbocycles. The van der Waals surface area contributed by atoms with Crippen molar-refractivity contribution < 1.29 is 19.1 Å². The Morgan fingerprint density at radius 3 is 2.16 bits per heavy atom. The first kappa shape index (κ1) is 21.9. The minimum Gasteiger partial charge on any atom is -0.496 e. The van der Waals surface area contributed by atoms with Crippen LogP contribution >= 0.6 is 0 Å². The van der Waals surface area contributed by atoms with Crippen molar-refractivity contribution in [3.8, 4) is 11.5 Å². The number of ether oxygens (including phenoxy) is 2. The molecule has 3 aliphatic rings. The van der Waals surface area contributed by atoms with Crippen molar-refractivity contribution in [2.75, 3.05) is 46.9 Å². The highest BCUT2D eigenvalue weighted by Gasteiger charge is 2.38. The third-order valence-corrected chi connectivity index (χ3v) is 7.01. The first-order valence-corrected chi connectivity index (χ1v) is 11.6. The highest BCUT2D eigenvalue weighted by atomic mass is 16.5. The number of rotatable bonds is 8. The van der Waals surface area contributed by atoms with E-state index in [-0.39, 0.29) is 17.9 Å². The number of carbonyl (C=O) groups excluding carboxylic acids is 2. The quantitative estimate of drug-likeness (QED) is 0.688. The minimum atomic E-state index is -0.0791. The molecule has 31 heavy (non-hydrogen) atoms. The molecule has 1 aromatic rings. The van der Waals surface area contributed by atoms with Gasteiger partial charge in [0.05, 0.1) is 20.3 Å². The molecule has 1 unspecified atom stereocenters. The number of carbonyl (C=O) groups is 2. The highest BCUT2D eigenvalue weighted by Crippen LogP contribution is 2.33. The van der Waals surface area contributed by atoms with Gasteiger partial charge in [-0.25, -0.2) is 0 Å². The SMILES string of the molecule is COc1cccc(OC)c1C(=O)N1CCN(C(C(=O)NCC2CC2)C2CCCC2)CC1. The van der Waals surface area contributed by atoms with Crippen LogP contribution in [-0.2, 0) is 4.79 Å². The fourth-order valence-corrected chi connectivity index (χ4v) is 5.05. The van der Waals surface area contributed by atoms with Crippen LogP contribution < -0.4 is 14.8 Å². The van der Waals surface area contributed by atoms with E-state index in [1.165, 1.54) is 25.7 Å². The Hall–Kier alpha value is -2.28. The monoisotopic (exact) mass is 429 g/mol. The Labute approximate surface area is 185 Å². The number of piperazine rings is 1. The first-order chi connectivity index (χ1) is 15.1. The molecule has 7 nitrogen and oxygen atoms in total. The van der Waals surface area contributed by atoms with Crippen LogP contribution in [0.3, 0.4) is 0 Å². The zero-order valence-corrected chi connectivity index (χ0v) is 18.8. The van der Waals surface area contributed by atoms with Gasteiger partial charge in [0.1, 0.15) is 17.1 Å². The molecule has 1 saturated heterocycles. The molecule has 0 aromatic heterocycles. The van der Waals surface area contributed by atoms with E-state index in [0.717, 1.165) is 19.4 Å². The Balaban J connectivity index is 1.42. The number of nitrogens with zero attached hydrogens (tertiary/aromatic N) is 2. The summed E-state index contributed by atoms with van der Waals surface area (Å²) in [4.78, 5) is 30.5. The summed E-state index contributed by atoms with van der Waals surface area (Å²) in [6, 6.07) is 5.32. The van der Waals surface area contributed by atoms with E-state index in [1.54, 1.807) is 26.4 Å². The van der Waals surface area contributed by atoms with Gasteiger partial charge in [0.25, 0.3) is 5.91 Å². The normalized spacial score (nSPS) is 21.0. The van der Waals surface area contributed by atoms with E-state index < -0.39 is 0 Å². The highest BCUT2D eigenvalue weighted by molar-refractivity contribution is 5.99. The maximum atomic E-state index is 13.3. The fourth-order valence-electron chi connectivity index (χ4n) is 5.05. The average molecular weight is 430 g/mol. The molecule has 1 N–H and O–H groups in total. The summed E-state index contributed by atoms with van der Waals surface area (Å²) in [7, 11) is 3.13. The molecular formula is C24H35N3O4. The van der Waals surface area contributed by atoms with Crippen molar-refractivity contribution in [1.29, 1.82) is 0 Å². The molecule has 1 aliphatic heterocycles. The minimum absolute atomic E-state index is 0.0701. The van der Waals surface area contributed by atoms with Crippen LogP contribution in [0.2, 0.25) is 0 Å². The number of benzene rings is 1. The lowest BCUT2D eigenvalue weighted by atomic mass is 9.95. The predicted octanol–water partition coefficient (Wildman–Crippen LogP) is 2.55. The lowest BCUT2D eigenvalue weighted by molar-refractivity contribution is -0.129. The van der Waals surface area contributed by atoms with Crippen molar-refractivity contribution in [3.63, 3.8) is 0 Å². The number of hydrogen-bond donors (Lipinski definition) is 1. The largest absolute Gasteiger partial charge is 0.496 e. The third kappa shape index (κ3) is 4.97. The summed E-state index contributed by atoms with van der Waals surface area (Å²) >= 11 is 0. The zero-order valence-electron chi connectivity index (χ0n) is 18.8. The van der Waals surface area contributed by atoms with Gasteiger partial charge in [-0.2, -0.15) is 0 Å². The smallest absolute Gasteiger partial charge is 0.261 e. The molecule has 170 valence electrons. The molecule has 3 fully saturated rings. The van der Waals surface area contributed by atoms with Gasteiger partial charge in [-0.3, -0.25) is 14.5 Å². The van der Waals surface area contributed by atoms with Gasteiger partial charge in [-0.1, -0.05) is 18.9 Å². The van der Waals surface area contributed by atoms with Crippen LogP contribution in [0.15, 0.2) is 18.2 Å². The van der Waals surface area contributed by atoms with Crippen molar-refractivity contribution in [3.05, 3.63) is 23.8 Å². The van der Waals surface area contributed by atoms with Crippen LogP contribution in [-0.4, -0.2) is 74.6 Å². The Kier molecular flexibility index (Phi) is 7.00. The molecule has 1 heterocycles. The summed E-state index contributed by atoms with van der Waals surface area (Å²) in [6.07, 6.45) is 7.15. The van der Waals surface area contributed by atoms with Crippen LogP contribution in [0.4, 0.5) is 0 Å². The van der Waals surface area contributed by atoms with E-state index in [9.17, 15) is 9.59 Å². The summed E-state index contributed by atoms with van der Waals surface area (Å²) in [5.74, 6) is 2.26. The van der Waals surface area contributed by atoms with Crippen molar-refractivity contribution >= 4 is 11.8 Å². The van der Waals surface area contributed by atoms with Gasteiger partial charge in [-0.05, 0) is 49.7 Å². The van der Waals surface area contributed by atoms with E-state index >= 15 is 0 Å². The maximum absolute atomic E-state index is 13.3. The van der Waals surface area contributed by atoms with Gasteiger partial charge in [0, 0.05) is 32.7 Å². The first-order valence-electron chi connectivity index (χ1n) is 11.6. The van der Waals surface area contributed by atoms with Gasteiger partial charge >= 0.3 is 0 Å². The molecule has 2 amide bonds. The van der Waals surface area contributed by atoms with Crippen LogP contribution in [0.25, 0.3) is 0 Å². The molecule has 0 radical (unpaired) electrons. The summed E-state index contributed by atoms with van der Waals surface area (Å²) in [6.45, 7) is 3.43. The van der Waals surface area contributed by atoms with Crippen LogP contribution in [0, 0.1) is 11.8 Å².